The average Bonchev–Trinajstić information content (AvgIpc) is 2.56. The van der Waals surface area contributed by atoms with Crippen LogP contribution in [0.4, 0.5) is 22.0 Å². The summed E-state index contributed by atoms with van der Waals surface area (Å²) in [6.07, 6.45) is 1.08. The molecule has 0 saturated heterocycles. The zero-order valence-electron chi connectivity index (χ0n) is 13.3. The van der Waals surface area contributed by atoms with E-state index < -0.39 is 6.09 Å². The molecule has 7 heteroatoms. The van der Waals surface area contributed by atoms with Crippen molar-refractivity contribution in [1.82, 2.24) is 4.98 Å². The van der Waals surface area contributed by atoms with E-state index in [9.17, 15) is 4.79 Å². The Balaban J connectivity index is 2.04. The van der Waals surface area contributed by atoms with Crippen LogP contribution in [0, 0.1) is 0 Å². The van der Waals surface area contributed by atoms with Crippen molar-refractivity contribution in [3.8, 4) is 11.5 Å². The molecule has 0 fully saturated rings. The van der Waals surface area contributed by atoms with Crippen LogP contribution >= 0.6 is 0 Å². The van der Waals surface area contributed by atoms with Crippen molar-refractivity contribution in [3.63, 3.8) is 0 Å². The van der Waals surface area contributed by atoms with Crippen molar-refractivity contribution in [2.45, 2.75) is 6.92 Å². The number of carbonyl (C=O) groups excluding carboxylic acids is 1. The lowest BCUT2D eigenvalue weighted by Gasteiger charge is -2.11. The van der Waals surface area contributed by atoms with Gasteiger partial charge in [0.15, 0.2) is 11.5 Å². The summed E-state index contributed by atoms with van der Waals surface area (Å²) in [5.41, 5.74) is 1.60. The number of pyridine rings is 1. The second-order valence-corrected chi connectivity index (χ2v) is 4.47. The molecule has 0 unspecified atom stereocenters. The number of aromatic nitrogens is 1. The van der Waals surface area contributed by atoms with Crippen LogP contribution < -0.4 is 20.1 Å². The second kappa shape index (κ2) is 7.88. The molecule has 2 aromatic rings. The standard InChI is InChI=1S/C16H19N3O4/c1-4-23-16(20)19-15-8-6-12(10-17-15)18-11-5-7-13(21-2)14(9-11)22-3/h5-10,18H,4H2,1-3H3,(H,17,19,20). The van der Waals surface area contributed by atoms with Crippen LogP contribution in [-0.2, 0) is 4.74 Å². The van der Waals surface area contributed by atoms with Gasteiger partial charge in [-0.25, -0.2) is 9.78 Å². The van der Waals surface area contributed by atoms with Gasteiger partial charge in [0.2, 0.25) is 0 Å². The molecule has 0 aliphatic heterocycles. The number of rotatable bonds is 6. The molecule has 0 saturated carbocycles. The van der Waals surface area contributed by atoms with Crippen molar-refractivity contribution >= 4 is 23.3 Å². The minimum absolute atomic E-state index is 0.310. The fraction of sp³-hybridized carbons (Fsp3) is 0.250. The second-order valence-electron chi connectivity index (χ2n) is 4.47. The molecule has 0 radical (unpaired) electrons. The third-order valence-electron chi connectivity index (χ3n) is 2.94. The smallest absolute Gasteiger partial charge is 0.412 e. The lowest BCUT2D eigenvalue weighted by atomic mass is 10.2. The Hall–Kier alpha value is -2.96. The molecule has 1 heterocycles. The van der Waals surface area contributed by atoms with E-state index in [-0.39, 0.29) is 0 Å². The molecular formula is C16H19N3O4. The number of hydrogen-bond donors (Lipinski definition) is 2. The van der Waals surface area contributed by atoms with Gasteiger partial charge in [-0.3, -0.25) is 5.32 Å². The van der Waals surface area contributed by atoms with Crippen molar-refractivity contribution in [2.75, 3.05) is 31.5 Å². The third kappa shape index (κ3) is 4.50. The number of hydrogen-bond acceptors (Lipinski definition) is 6. The van der Waals surface area contributed by atoms with Crippen molar-refractivity contribution in [2.24, 2.45) is 0 Å². The Morgan fingerprint density at radius 3 is 2.43 bits per heavy atom. The van der Waals surface area contributed by atoms with Crippen molar-refractivity contribution in [1.29, 1.82) is 0 Å². The largest absolute Gasteiger partial charge is 0.493 e. The van der Waals surface area contributed by atoms with Gasteiger partial charge in [0.05, 0.1) is 32.7 Å². The van der Waals surface area contributed by atoms with Crippen LogP contribution in [0.15, 0.2) is 36.5 Å². The summed E-state index contributed by atoms with van der Waals surface area (Å²) in [6.45, 7) is 2.05. The highest BCUT2D eigenvalue weighted by molar-refractivity contribution is 5.83. The fourth-order valence-electron chi connectivity index (χ4n) is 1.89. The van der Waals surface area contributed by atoms with Crippen LogP contribution in [0.1, 0.15) is 6.92 Å². The normalized spacial score (nSPS) is 9.87. The highest BCUT2D eigenvalue weighted by Gasteiger charge is 2.06. The van der Waals surface area contributed by atoms with Gasteiger partial charge in [-0.2, -0.15) is 0 Å². The first kappa shape index (κ1) is 16.4. The molecule has 1 aromatic carbocycles. The maximum absolute atomic E-state index is 11.3. The van der Waals surface area contributed by atoms with Crippen molar-refractivity contribution < 1.29 is 19.0 Å². The predicted octanol–water partition coefficient (Wildman–Crippen LogP) is 3.41. The Bertz CT molecular complexity index is 659. The minimum atomic E-state index is -0.527. The topological polar surface area (TPSA) is 81.7 Å². The minimum Gasteiger partial charge on any atom is -0.493 e. The number of benzene rings is 1. The van der Waals surface area contributed by atoms with E-state index in [1.54, 1.807) is 39.5 Å². The molecule has 0 spiro atoms. The van der Waals surface area contributed by atoms with Gasteiger partial charge in [-0.05, 0) is 31.2 Å². The van der Waals surface area contributed by atoms with Crippen LogP contribution in [-0.4, -0.2) is 31.9 Å². The average molecular weight is 317 g/mol. The highest BCUT2D eigenvalue weighted by Crippen LogP contribution is 2.31. The monoisotopic (exact) mass is 317 g/mol. The maximum atomic E-state index is 11.3. The molecule has 0 aliphatic carbocycles. The molecule has 7 nitrogen and oxygen atoms in total. The van der Waals surface area contributed by atoms with E-state index in [1.165, 1.54) is 0 Å². The quantitative estimate of drug-likeness (QED) is 0.849. The predicted molar refractivity (Wildman–Crippen MR) is 87.7 cm³/mol. The van der Waals surface area contributed by atoms with Crippen LogP contribution in [0.3, 0.4) is 0 Å². The van der Waals surface area contributed by atoms with Gasteiger partial charge in [-0.1, -0.05) is 0 Å². The first-order valence-electron chi connectivity index (χ1n) is 7.05. The van der Waals surface area contributed by atoms with E-state index in [1.807, 2.05) is 18.2 Å². The number of anilines is 3. The number of nitrogens with one attached hydrogen (secondary N) is 2. The van der Waals surface area contributed by atoms with E-state index >= 15 is 0 Å². The third-order valence-corrected chi connectivity index (χ3v) is 2.94. The summed E-state index contributed by atoms with van der Waals surface area (Å²) in [6, 6.07) is 8.98. The first-order chi connectivity index (χ1) is 11.2. The number of methoxy groups -OCH3 is 2. The number of amides is 1. The first-order valence-corrected chi connectivity index (χ1v) is 7.05. The van der Waals surface area contributed by atoms with Crippen LogP contribution in [0.5, 0.6) is 11.5 Å². The lowest BCUT2D eigenvalue weighted by Crippen LogP contribution is -2.14. The maximum Gasteiger partial charge on any atom is 0.412 e. The van der Waals surface area contributed by atoms with Gasteiger partial charge in [0, 0.05) is 11.8 Å². The summed E-state index contributed by atoms with van der Waals surface area (Å²) in [5.74, 6) is 1.71. The van der Waals surface area contributed by atoms with Crippen molar-refractivity contribution in [3.05, 3.63) is 36.5 Å². The molecular weight excluding hydrogens is 298 g/mol. The van der Waals surface area contributed by atoms with E-state index in [0.717, 1.165) is 11.4 Å². The Morgan fingerprint density at radius 1 is 1.09 bits per heavy atom. The van der Waals surface area contributed by atoms with Gasteiger partial charge in [-0.15, -0.1) is 0 Å². The van der Waals surface area contributed by atoms with Gasteiger partial charge >= 0.3 is 6.09 Å². The lowest BCUT2D eigenvalue weighted by molar-refractivity contribution is 0.168. The molecule has 0 atom stereocenters. The Morgan fingerprint density at radius 2 is 1.83 bits per heavy atom. The number of carbonyl (C=O) groups is 1. The van der Waals surface area contributed by atoms with E-state index in [2.05, 4.69) is 15.6 Å². The summed E-state index contributed by atoms with van der Waals surface area (Å²) < 4.78 is 15.2. The summed E-state index contributed by atoms with van der Waals surface area (Å²) in [5, 5.41) is 5.72. The molecule has 2 rings (SSSR count). The molecule has 1 aromatic heterocycles. The molecule has 0 aliphatic rings. The molecule has 23 heavy (non-hydrogen) atoms. The Kier molecular flexibility index (Phi) is 5.62. The molecule has 2 N–H and O–H groups in total. The fourth-order valence-corrected chi connectivity index (χ4v) is 1.89. The van der Waals surface area contributed by atoms with Gasteiger partial charge in [0.25, 0.3) is 0 Å². The number of ether oxygens (including phenoxy) is 3. The van der Waals surface area contributed by atoms with E-state index in [0.29, 0.717) is 23.9 Å². The molecule has 122 valence electrons. The molecule has 0 bridgehead atoms. The van der Waals surface area contributed by atoms with Gasteiger partial charge < -0.3 is 19.5 Å². The number of nitrogens with zero attached hydrogens (tertiary/aromatic N) is 1. The zero-order chi connectivity index (χ0) is 16.7. The van der Waals surface area contributed by atoms with Gasteiger partial charge in [0.1, 0.15) is 5.82 Å². The Labute approximate surface area is 134 Å². The SMILES string of the molecule is CCOC(=O)Nc1ccc(Nc2ccc(OC)c(OC)c2)cn1. The van der Waals surface area contributed by atoms with Crippen LogP contribution in [0.2, 0.25) is 0 Å². The highest BCUT2D eigenvalue weighted by atomic mass is 16.5. The summed E-state index contributed by atoms with van der Waals surface area (Å²) in [7, 11) is 3.17. The van der Waals surface area contributed by atoms with Crippen LogP contribution in [0.25, 0.3) is 0 Å². The molecule has 1 amide bonds. The summed E-state index contributed by atoms with van der Waals surface area (Å²) >= 11 is 0. The zero-order valence-corrected chi connectivity index (χ0v) is 13.3. The van der Waals surface area contributed by atoms with E-state index in [4.69, 9.17) is 14.2 Å². The summed E-state index contributed by atoms with van der Waals surface area (Å²) in [4.78, 5) is 15.4.